The molecule has 1 heterocycles. The Morgan fingerprint density at radius 1 is 1.55 bits per heavy atom. The van der Waals surface area contributed by atoms with E-state index in [1.165, 1.54) is 7.05 Å². The molecule has 0 atom stereocenters. The fraction of sp³-hybridized carbons (Fsp3) is 0.400. The number of hydrogen-bond acceptors (Lipinski definition) is 1. The molecular weight excluding hydrogens is 225 g/mol. The minimum atomic E-state index is -4.34. The summed E-state index contributed by atoms with van der Waals surface area (Å²) in [7, 11) is 1.24. The molecule has 0 amide bonds. The standard InChI is InChI=1S/C5H4BrF3N2/c1-11-4(5(7,8)9)3(6)2-10-11/h2H,1H3. The molecule has 1 aromatic heterocycles. The third-order valence-electron chi connectivity index (χ3n) is 1.16. The molecular formula is C5H4BrF3N2. The minimum Gasteiger partial charge on any atom is -0.262 e. The van der Waals surface area contributed by atoms with E-state index in [9.17, 15) is 13.2 Å². The van der Waals surface area contributed by atoms with Crippen molar-refractivity contribution in [2.24, 2.45) is 7.05 Å². The van der Waals surface area contributed by atoms with E-state index in [-0.39, 0.29) is 4.47 Å². The Bertz CT molecular complexity index is 246. The van der Waals surface area contributed by atoms with Crippen molar-refractivity contribution in [1.29, 1.82) is 0 Å². The molecule has 1 rings (SSSR count). The maximum absolute atomic E-state index is 12.1. The number of hydrogen-bond donors (Lipinski definition) is 0. The van der Waals surface area contributed by atoms with E-state index in [0.717, 1.165) is 10.9 Å². The van der Waals surface area contributed by atoms with E-state index in [2.05, 4.69) is 21.0 Å². The smallest absolute Gasteiger partial charge is 0.262 e. The van der Waals surface area contributed by atoms with Crippen molar-refractivity contribution >= 4 is 15.9 Å². The van der Waals surface area contributed by atoms with Gasteiger partial charge in [0.25, 0.3) is 0 Å². The van der Waals surface area contributed by atoms with Gasteiger partial charge in [-0.2, -0.15) is 18.3 Å². The first-order valence-corrected chi connectivity index (χ1v) is 3.47. The second-order valence-electron chi connectivity index (χ2n) is 1.96. The Hall–Kier alpha value is -0.520. The van der Waals surface area contributed by atoms with Crippen LogP contribution in [0.2, 0.25) is 0 Å². The summed E-state index contributed by atoms with van der Waals surface area (Å²) in [6, 6.07) is 0. The lowest BCUT2D eigenvalue weighted by Gasteiger charge is -2.06. The van der Waals surface area contributed by atoms with Crippen molar-refractivity contribution in [1.82, 2.24) is 9.78 Å². The molecule has 0 aliphatic carbocycles. The van der Waals surface area contributed by atoms with Gasteiger partial charge in [-0.05, 0) is 15.9 Å². The van der Waals surface area contributed by atoms with Crippen molar-refractivity contribution in [3.63, 3.8) is 0 Å². The van der Waals surface area contributed by atoms with Gasteiger partial charge in [-0.1, -0.05) is 0 Å². The lowest BCUT2D eigenvalue weighted by Crippen LogP contribution is -2.12. The average molecular weight is 229 g/mol. The van der Waals surface area contributed by atoms with E-state index < -0.39 is 11.9 Å². The van der Waals surface area contributed by atoms with Gasteiger partial charge in [-0.15, -0.1) is 0 Å². The molecule has 0 fully saturated rings. The van der Waals surface area contributed by atoms with Crippen LogP contribution in [0.5, 0.6) is 0 Å². The van der Waals surface area contributed by atoms with Gasteiger partial charge in [0.05, 0.1) is 10.7 Å². The summed E-state index contributed by atoms with van der Waals surface area (Å²) in [5.41, 5.74) is -0.766. The normalized spacial score (nSPS) is 12.1. The number of rotatable bonds is 0. The third-order valence-corrected chi connectivity index (χ3v) is 1.74. The molecule has 11 heavy (non-hydrogen) atoms. The van der Waals surface area contributed by atoms with E-state index >= 15 is 0 Å². The molecule has 2 nitrogen and oxygen atoms in total. The molecule has 0 saturated carbocycles. The summed E-state index contributed by atoms with van der Waals surface area (Å²) >= 11 is 2.75. The van der Waals surface area contributed by atoms with Crippen LogP contribution in [0.25, 0.3) is 0 Å². The zero-order chi connectivity index (χ0) is 8.65. The van der Waals surface area contributed by atoms with Crippen LogP contribution in [0, 0.1) is 0 Å². The van der Waals surface area contributed by atoms with Gasteiger partial charge < -0.3 is 0 Å². The van der Waals surface area contributed by atoms with Crippen LogP contribution in [0.1, 0.15) is 5.69 Å². The molecule has 0 aromatic carbocycles. The Labute approximate surface area is 69.1 Å². The molecule has 0 bridgehead atoms. The molecule has 62 valence electrons. The van der Waals surface area contributed by atoms with Crippen LogP contribution in [-0.4, -0.2) is 9.78 Å². The molecule has 0 spiro atoms. The summed E-state index contributed by atoms with van der Waals surface area (Å²) in [4.78, 5) is 0. The molecule has 0 unspecified atom stereocenters. The van der Waals surface area contributed by atoms with Gasteiger partial charge in [0, 0.05) is 7.05 Å². The highest BCUT2D eigenvalue weighted by molar-refractivity contribution is 9.10. The number of alkyl halides is 3. The first kappa shape index (κ1) is 8.58. The van der Waals surface area contributed by atoms with Gasteiger partial charge in [0.1, 0.15) is 0 Å². The number of nitrogens with zero attached hydrogens (tertiary/aromatic N) is 2. The summed E-state index contributed by atoms with van der Waals surface area (Å²) in [5.74, 6) is 0. The highest BCUT2D eigenvalue weighted by Gasteiger charge is 2.36. The zero-order valence-electron chi connectivity index (χ0n) is 5.48. The zero-order valence-corrected chi connectivity index (χ0v) is 7.07. The molecule has 1 aromatic rings. The van der Waals surface area contributed by atoms with Gasteiger partial charge in [-0.3, -0.25) is 4.68 Å². The van der Waals surface area contributed by atoms with E-state index in [0.29, 0.717) is 0 Å². The Balaban J connectivity index is 3.21. The fourth-order valence-electron chi connectivity index (χ4n) is 0.730. The lowest BCUT2D eigenvalue weighted by molar-refractivity contribution is -0.144. The van der Waals surface area contributed by atoms with Crippen LogP contribution in [-0.2, 0) is 13.2 Å². The Kier molecular flexibility index (Phi) is 1.96. The largest absolute Gasteiger partial charge is 0.434 e. The van der Waals surface area contributed by atoms with Crippen LogP contribution < -0.4 is 0 Å². The second kappa shape index (κ2) is 2.51. The van der Waals surface area contributed by atoms with Crippen LogP contribution >= 0.6 is 15.9 Å². The van der Waals surface area contributed by atoms with Crippen molar-refractivity contribution in [2.75, 3.05) is 0 Å². The average Bonchev–Trinajstić information content (AvgIpc) is 2.08. The third kappa shape index (κ3) is 1.55. The number of aryl methyl sites for hydroxylation is 1. The first-order valence-electron chi connectivity index (χ1n) is 2.67. The quantitative estimate of drug-likeness (QED) is 0.666. The van der Waals surface area contributed by atoms with Crippen LogP contribution in [0.15, 0.2) is 10.7 Å². The van der Waals surface area contributed by atoms with Crippen LogP contribution in [0.3, 0.4) is 0 Å². The summed E-state index contributed by atoms with van der Waals surface area (Å²) in [6.45, 7) is 0. The minimum absolute atomic E-state index is 0.0347. The molecule has 0 aliphatic heterocycles. The van der Waals surface area contributed by atoms with Gasteiger partial charge >= 0.3 is 6.18 Å². The predicted molar refractivity (Wildman–Crippen MR) is 35.9 cm³/mol. The number of aromatic nitrogens is 2. The van der Waals surface area contributed by atoms with Crippen molar-refractivity contribution < 1.29 is 13.2 Å². The van der Waals surface area contributed by atoms with E-state index in [1.54, 1.807) is 0 Å². The Morgan fingerprint density at radius 2 is 2.09 bits per heavy atom. The number of halogens is 4. The SMILES string of the molecule is Cn1ncc(Br)c1C(F)(F)F. The maximum atomic E-state index is 12.1. The highest BCUT2D eigenvalue weighted by atomic mass is 79.9. The van der Waals surface area contributed by atoms with Crippen molar-refractivity contribution in [3.05, 3.63) is 16.4 Å². The molecule has 0 N–H and O–H groups in total. The van der Waals surface area contributed by atoms with Crippen LogP contribution in [0.4, 0.5) is 13.2 Å². The highest BCUT2D eigenvalue weighted by Crippen LogP contribution is 2.33. The van der Waals surface area contributed by atoms with Crippen molar-refractivity contribution in [3.8, 4) is 0 Å². The van der Waals surface area contributed by atoms with Gasteiger partial charge in [-0.25, -0.2) is 0 Å². The molecule has 6 heteroatoms. The van der Waals surface area contributed by atoms with E-state index in [4.69, 9.17) is 0 Å². The maximum Gasteiger partial charge on any atom is 0.434 e. The predicted octanol–water partition coefficient (Wildman–Crippen LogP) is 2.20. The lowest BCUT2D eigenvalue weighted by atomic mass is 10.4. The summed E-state index contributed by atoms with van der Waals surface area (Å²) in [6.07, 6.45) is -3.23. The first-order chi connectivity index (χ1) is 4.93. The van der Waals surface area contributed by atoms with Crippen molar-refractivity contribution in [2.45, 2.75) is 6.18 Å². The summed E-state index contributed by atoms with van der Waals surface area (Å²) < 4.78 is 36.9. The fourth-order valence-corrected chi connectivity index (χ4v) is 1.30. The van der Waals surface area contributed by atoms with E-state index in [1.807, 2.05) is 0 Å². The van der Waals surface area contributed by atoms with Gasteiger partial charge in [0.15, 0.2) is 5.69 Å². The topological polar surface area (TPSA) is 17.8 Å². The monoisotopic (exact) mass is 228 g/mol. The molecule has 0 radical (unpaired) electrons. The Morgan fingerprint density at radius 3 is 2.27 bits per heavy atom. The second-order valence-corrected chi connectivity index (χ2v) is 2.82. The molecule has 0 aliphatic rings. The summed E-state index contributed by atoms with van der Waals surface area (Å²) in [5, 5.41) is 3.43. The molecule has 0 saturated heterocycles. The van der Waals surface area contributed by atoms with Gasteiger partial charge in [0.2, 0.25) is 0 Å².